The molecule has 0 saturated heterocycles. The van der Waals surface area contributed by atoms with E-state index in [2.05, 4.69) is 26.6 Å². The fourth-order valence-corrected chi connectivity index (χ4v) is 0.663. The van der Waals surface area contributed by atoms with Gasteiger partial charge in [-0.2, -0.15) is 0 Å². The van der Waals surface area contributed by atoms with Crippen LogP contribution in [0.25, 0.3) is 11.6 Å². The van der Waals surface area contributed by atoms with E-state index in [0.717, 1.165) is 0 Å². The Kier molecular flexibility index (Phi) is 1.33. The lowest BCUT2D eigenvalue weighted by Crippen LogP contribution is -1.83. The molecule has 5 heteroatoms. The highest BCUT2D eigenvalue weighted by Gasteiger charge is 2.02. The first-order chi connectivity index (χ1) is 5.47. The van der Waals surface area contributed by atoms with Gasteiger partial charge < -0.3 is 4.42 Å². The number of nitrogens with zero attached hydrogens (tertiary/aromatic N) is 4. The zero-order valence-corrected chi connectivity index (χ0v) is 5.43. The molecule has 0 fully saturated rings. The minimum absolute atomic E-state index is 0.332. The molecule has 2 heterocycles. The van der Waals surface area contributed by atoms with Gasteiger partial charge >= 0.3 is 6.39 Å². The van der Waals surface area contributed by atoms with Crippen molar-refractivity contribution in [3.05, 3.63) is 25.0 Å². The number of rotatable bonds is 1. The third kappa shape index (κ3) is 1.07. The highest BCUT2D eigenvalue weighted by molar-refractivity contribution is 5.42. The van der Waals surface area contributed by atoms with E-state index in [0.29, 0.717) is 11.6 Å². The van der Waals surface area contributed by atoms with Crippen LogP contribution in [0.2, 0.25) is 0 Å². The van der Waals surface area contributed by atoms with Crippen molar-refractivity contribution in [3.8, 4) is 11.6 Å². The molecule has 11 heavy (non-hydrogen) atoms. The highest BCUT2D eigenvalue weighted by atomic mass is 16.4. The molecule has 0 aromatic carbocycles. The van der Waals surface area contributed by atoms with Crippen molar-refractivity contribution in [1.82, 2.24) is 20.2 Å². The van der Waals surface area contributed by atoms with Gasteiger partial charge in [-0.3, -0.25) is 4.98 Å². The smallest absolute Gasteiger partial charge is 0.306 e. The lowest BCUT2D eigenvalue weighted by Gasteiger charge is -1.87. The quantitative estimate of drug-likeness (QED) is 0.581. The Morgan fingerprint density at radius 2 is 2.36 bits per heavy atom. The molecule has 2 aromatic heterocycles. The van der Waals surface area contributed by atoms with Crippen LogP contribution in [-0.4, -0.2) is 20.2 Å². The summed E-state index contributed by atoms with van der Waals surface area (Å²) in [5.74, 6) is 0.332. The van der Waals surface area contributed by atoms with Gasteiger partial charge in [0.1, 0.15) is 5.69 Å². The summed E-state index contributed by atoms with van der Waals surface area (Å²) in [5.41, 5.74) is 0.557. The minimum Gasteiger partial charge on any atom is -0.411 e. The van der Waals surface area contributed by atoms with E-state index in [1.807, 2.05) is 0 Å². The van der Waals surface area contributed by atoms with E-state index in [-0.39, 0.29) is 0 Å². The Morgan fingerprint density at radius 3 is 3.00 bits per heavy atom. The standard InChI is InChI=1S/C6H3N4O/c1-2-8-5(3-7-1)6-10-9-4-11-6/h1-3H. The maximum atomic E-state index is 4.77. The maximum Gasteiger partial charge on any atom is 0.306 e. The van der Waals surface area contributed by atoms with Crippen LogP contribution >= 0.6 is 0 Å². The lowest BCUT2D eigenvalue weighted by molar-refractivity contribution is 0.556. The minimum atomic E-state index is 0.332. The SMILES string of the molecule is [c]1nnc(-c2cnccn2)o1. The number of aromatic nitrogens is 4. The Balaban J connectivity index is 2.46. The summed E-state index contributed by atoms with van der Waals surface area (Å²) in [6, 6.07) is 0. The Morgan fingerprint density at radius 1 is 1.36 bits per heavy atom. The zero-order chi connectivity index (χ0) is 7.52. The monoisotopic (exact) mass is 147 g/mol. The van der Waals surface area contributed by atoms with Crippen LogP contribution in [-0.2, 0) is 0 Å². The third-order valence-electron chi connectivity index (χ3n) is 1.11. The van der Waals surface area contributed by atoms with Gasteiger partial charge in [-0.15, -0.1) is 10.2 Å². The molecule has 0 unspecified atom stereocenters. The van der Waals surface area contributed by atoms with Gasteiger partial charge in [-0.1, -0.05) is 0 Å². The largest absolute Gasteiger partial charge is 0.411 e. The van der Waals surface area contributed by atoms with E-state index in [4.69, 9.17) is 4.42 Å². The molecule has 0 atom stereocenters. The highest BCUT2D eigenvalue weighted by Crippen LogP contribution is 2.08. The second-order valence-electron chi connectivity index (χ2n) is 1.79. The molecular formula is C6H3N4O. The average molecular weight is 147 g/mol. The van der Waals surface area contributed by atoms with Crippen LogP contribution in [0.15, 0.2) is 23.0 Å². The average Bonchev–Trinajstić information content (AvgIpc) is 2.58. The van der Waals surface area contributed by atoms with E-state index in [1.54, 1.807) is 18.6 Å². The first-order valence-electron chi connectivity index (χ1n) is 2.93. The van der Waals surface area contributed by atoms with Crippen molar-refractivity contribution in [2.75, 3.05) is 0 Å². The van der Waals surface area contributed by atoms with Crippen LogP contribution in [0.5, 0.6) is 0 Å². The maximum absolute atomic E-state index is 4.77. The summed E-state index contributed by atoms with van der Waals surface area (Å²) >= 11 is 0. The van der Waals surface area contributed by atoms with Gasteiger partial charge in [0.2, 0.25) is 0 Å². The molecular weight excluding hydrogens is 144 g/mol. The Bertz CT molecular complexity index is 318. The number of hydrogen-bond donors (Lipinski definition) is 0. The summed E-state index contributed by atoms with van der Waals surface area (Å²) < 4.78 is 4.77. The van der Waals surface area contributed by atoms with E-state index in [9.17, 15) is 0 Å². The molecule has 53 valence electrons. The Labute approximate surface area is 62.1 Å². The zero-order valence-electron chi connectivity index (χ0n) is 5.43. The summed E-state index contributed by atoms with van der Waals surface area (Å²) in [5, 5.41) is 7.00. The summed E-state index contributed by atoms with van der Waals surface area (Å²) in [4.78, 5) is 7.78. The Hall–Kier alpha value is -1.78. The van der Waals surface area contributed by atoms with Crippen molar-refractivity contribution >= 4 is 0 Å². The predicted molar refractivity (Wildman–Crippen MR) is 34.2 cm³/mol. The molecule has 0 amide bonds. The molecule has 0 saturated carbocycles. The topological polar surface area (TPSA) is 64.7 Å². The predicted octanol–water partition coefficient (Wildman–Crippen LogP) is 0.327. The molecule has 0 aliphatic rings. The van der Waals surface area contributed by atoms with Crippen molar-refractivity contribution in [3.63, 3.8) is 0 Å². The second-order valence-corrected chi connectivity index (χ2v) is 1.79. The summed E-state index contributed by atoms with van der Waals surface area (Å²) in [7, 11) is 0. The van der Waals surface area contributed by atoms with Gasteiger partial charge in [-0.05, 0) is 0 Å². The molecule has 0 spiro atoms. The van der Waals surface area contributed by atoms with Gasteiger partial charge in [0, 0.05) is 12.4 Å². The normalized spacial score (nSPS) is 9.82. The summed E-state index contributed by atoms with van der Waals surface area (Å²) in [6.07, 6.45) is 6.90. The fourth-order valence-electron chi connectivity index (χ4n) is 0.663. The van der Waals surface area contributed by atoms with E-state index in [1.165, 1.54) is 0 Å². The lowest BCUT2D eigenvalue weighted by atomic mass is 10.5. The van der Waals surface area contributed by atoms with Crippen molar-refractivity contribution in [1.29, 1.82) is 0 Å². The first-order valence-corrected chi connectivity index (χ1v) is 2.93. The molecule has 5 nitrogen and oxygen atoms in total. The van der Waals surface area contributed by atoms with Gasteiger partial charge in [-0.25, -0.2) is 4.98 Å². The molecule has 0 aliphatic carbocycles. The number of hydrogen-bond acceptors (Lipinski definition) is 5. The fraction of sp³-hybridized carbons (Fsp3) is 0. The van der Waals surface area contributed by atoms with Crippen LogP contribution < -0.4 is 0 Å². The van der Waals surface area contributed by atoms with Crippen molar-refractivity contribution in [2.24, 2.45) is 0 Å². The van der Waals surface area contributed by atoms with Crippen LogP contribution in [0, 0.1) is 6.39 Å². The molecule has 2 aromatic rings. The van der Waals surface area contributed by atoms with Crippen molar-refractivity contribution in [2.45, 2.75) is 0 Å². The first kappa shape index (κ1) is 5.96. The van der Waals surface area contributed by atoms with Crippen molar-refractivity contribution < 1.29 is 4.42 Å². The molecule has 0 N–H and O–H groups in total. The molecule has 0 bridgehead atoms. The van der Waals surface area contributed by atoms with Crippen LogP contribution in [0.4, 0.5) is 0 Å². The second kappa shape index (κ2) is 2.45. The van der Waals surface area contributed by atoms with E-state index < -0.39 is 0 Å². The molecule has 2 rings (SSSR count). The van der Waals surface area contributed by atoms with Gasteiger partial charge in [0.25, 0.3) is 5.89 Å². The van der Waals surface area contributed by atoms with E-state index >= 15 is 0 Å². The molecule has 0 aliphatic heterocycles. The van der Waals surface area contributed by atoms with Crippen LogP contribution in [0.3, 0.4) is 0 Å². The van der Waals surface area contributed by atoms with Gasteiger partial charge in [0.15, 0.2) is 0 Å². The molecule has 1 radical (unpaired) electrons. The van der Waals surface area contributed by atoms with Crippen LogP contribution in [0.1, 0.15) is 0 Å². The van der Waals surface area contributed by atoms with Gasteiger partial charge in [0.05, 0.1) is 6.20 Å². The third-order valence-corrected chi connectivity index (χ3v) is 1.11. The summed E-state index contributed by atoms with van der Waals surface area (Å²) in [6.45, 7) is 0.